The van der Waals surface area contributed by atoms with E-state index in [-0.39, 0.29) is 0 Å². The van der Waals surface area contributed by atoms with Crippen LogP contribution in [0.3, 0.4) is 0 Å². The number of hydrogen-bond acceptors (Lipinski definition) is 2. The Labute approximate surface area is 162 Å². The van der Waals surface area contributed by atoms with Crippen LogP contribution in [0, 0.1) is 5.92 Å². The standard InChI is InChI=1S/C20H30ClN3S/c1-15-4-2-3-5-19(15)23-20(25)22-18-10-12-24(13-11-18)14-16-6-8-17(21)9-7-16/h6-9,15,18-19H,2-5,10-14H2,1H3,(H2,22,23,25)/t15-,19-/m0/s1. The first-order valence-electron chi connectivity index (χ1n) is 9.64. The number of likely N-dealkylation sites (tertiary alicyclic amines) is 1. The number of nitrogens with zero attached hydrogens (tertiary/aromatic N) is 1. The molecule has 2 atom stereocenters. The second kappa shape index (κ2) is 9.20. The smallest absolute Gasteiger partial charge is 0.166 e. The molecule has 1 aromatic rings. The third-order valence-corrected chi connectivity index (χ3v) is 6.16. The Kier molecular flexibility index (Phi) is 6.97. The molecule has 1 saturated carbocycles. The predicted molar refractivity (Wildman–Crippen MR) is 110 cm³/mol. The molecule has 0 bridgehead atoms. The molecular weight excluding hydrogens is 350 g/mol. The molecule has 2 N–H and O–H groups in total. The van der Waals surface area contributed by atoms with Crippen LogP contribution >= 0.6 is 23.8 Å². The zero-order chi connectivity index (χ0) is 17.6. The summed E-state index contributed by atoms with van der Waals surface area (Å²) in [4.78, 5) is 2.51. The highest BCUT2D eigenvalue weighted by Crippen LogP contribution is 2.23. The summed E-state index contributed by atoms with van der Waals surface area (Å²) in [5.74, 6) is 0.731. The monoisotopic (exact) mass is 379 g/mol. The Bertz CT molecular complexity index is 555. The summed E-state index contributed by atoms with van der Waals surface area (Å²) in [7, 11) is 0. The van der Waals surface area contributed by atoms with Gasteiger partial charge in [0.1, 0.15) is 0 Å². The summed E-state index contributed by atoms with van der Waals surface area (Å²) in [6, 6.07) is 9.25. The molecule has 0 unspecified atom stereocenters. The number of nitrogens with one attached hydrogen (secondary N) is 2. The third-order valence-electron chi connectivity index (χ3n) is 5.67. The van der Waals surface area contributed by atoms with Gasteiger partial charge in [0.15, 0.2) is 5.11 Å². The lowest BCUT2D eigenvalue weighted by atomic mass is 9.86. The molecular formula is C20H30ClN3S. The first-order chi connectivity index (χ1) is 12.1. The second-order valence-electron chi connectivity index (χ2n) is 7.66. The van der Waals surface area contributed by atoms with Crippen molar-refractivity contribution in [3.8, 4) is 0 Å². The summed E-state index contributed by atoms with van der Waals surface area (Å²) in [6.07, 6.45) is 7.57. The number of benzene rings is 1. The molecule has 0 spiro atoms. The van der Waals surface area contributed by atoms with Crippen LogP contribution in [0.4, 0.5) is 0 Å². The SMILES string of the molecule is C[C@H]1CCCC[C@@H]1NC(=S)NC1CCN(Cc2ccc(Cl)cc2)CC1. The zero-order valence-corrected chi connectivity index (χ0v) is 16.7. The van der Waals surface area contributed by atoms with Crippen molar-refractivity contribution in [1.29, 1.82) is 0 Å². The molecule has 2 fully saturated rings. The van der Waals surface area contributed by atoms with Crippen molar-refractivity contribution >= 4 is 28.9 Å². The van der Waals surface area contributed by atoms with Crippen LogP contribution < -0.4 is 10.6 Å². The van der Waals surface area contributed by atoms with Gasteiger partial charge in [-0.1, -0.05) is 43.5 Å². The van der Waals surface area contributed by atoms with Crippen molar-refractivity contribution in [2.75, 3.05) is 13.1 Å². The van der Waals surface area contributed by atoms with Crippen LogP contribution in [0.15, 0.2) is 24.3 Å². The fourth-order valence-corrected chi connectivity index (χ4v) is 4.45. The van der Waals surface area contributed by atoms with Crippen molar-refractivity contribution in [2.45, 2.75) is 64.1 Å². The van der Waals surface area contributed by atoms with Gasteiger partial charge in [-0.25, -0.2) is 0 Å². The van der Waals surface area contributed by atoms with Crippen molar-refractivity contribution in [3.05, 3.63) is 34.9 Å². The minimum Gasteiger partial charge on any atom is -0.360 e. The fourth-order valence-electron chi connectivity index (χ4n) is 4.01. The highest BCUT2D eigenvalue weighted by molar-refractivity contribution is 7.80. The Morgan fingerprint density at radius 2 is 1.76 bits per heavy atom. The summed E-state index contributed by atoms with van der Waals surface area (Å²) >= 11 is 11.5. The Morgan fingerprint density at radius 1 is 1.08 bits per heavy atom. The molecule has 3 nitrogen and oxygen atoms in total. The van der Waals surface area contributed by atoms with Gasteiger partial charge in [0.05, 0.1) is 0 Å². The Hall–Kier alpha value is -0.840. The van der Waals surface area contributed by atoms with E-state index in [1.165, 1.54) is 31.2 Å². The maximum Gasteiger partial charge on any atom is 0.166 e. The van der Waals surface area contributed by atoms with Crippen molar-refractivity contribution in [2.24, 2.45) is 5.92 Å². The molecule has 0 amide bonds. The van der Waals surface area contributed by atoms with E-state index in [1.807, 2.05) is 12.1 Å². The lowest BCUT2D eigenvalue weighted by Gasteiger charge is -2.35. The maximum atomic E-state index is 5.96. The minimum atomic E-state index is 0.500. The molecule has 1 saturated heterocycles. The second-order valence-corrected chi connectivity index (χ2v) is 8.51. The quantitative estimate of drug-likeness (QED) is 0.760. The summed E-state index contributed by atoms with van der Waals surface area (Å²) < 4.78 is 0. The van der Waals surface area contributed by atoms with E-state index in [1.54, 1.807) is 0 Å². The van der Waals surface area contributed by atoms with Gasteiger partial charge in [-0.3, -0.25) is 4.90 Å². The fraction of sp³-hybridized carbons (Fsp3) is 0.650. The van der Waals surface area contributed by atoms with Gasteiger partial charge in [-0.05, 0) is 61.5 Å². The largest absolute Gasteiger partial charge is 0.360 e. The van der Waals surface area contributed by atoms with E-state index in [2.05, 4.69) is 34.6 Å². The summed E-state index contributed by atoms with van der Waals surface area (Å²) in [5.41, 5.74) is 1.33. The Morgan fingerprint density at radius 3 is 2.44 bits per heavy atom. The number of rotatable bonds is 4. The minimum absolute atomic E-state index is 0.500. The van der Waals surface area contributed by atoms with Crippen molar-refractivity contribution in [3.63, 3.8) is 0 Å². The Balaban J connectivity index is 1.38. The average Bonchev–Trinajstić information content (AvgIpc) is 2.61. The van der Waals surface area contributed by atoms with Gasteiger partial charge in [-0.15, -0.1) is 0 Å². The van der Waals surface area contributed by atoms with Crippen molar-refractivity contribution < 1.29 is 0 Å². The molecule has 5 heteroatoms. The summed E-state index contributed by atoms with van der Waals surface area (Å²) in [5, 5.41) is 8.78. The van der Waals surface area contributed by atoms with Gasteiger partial charge in [-0.2, -0.15) is 0 Å². The highest BCUT2D eigenvalue weighted by Gasteiger charge is 2.24. The third kappa shape index (κ3) is 5.83. The molecule has 3 rings (SSSR count). The number of halogens is 1. The number of hydrogen-bond donors (Lipinski definition) is 2. The van der Waals surface area contributed by atoms with Gasteiger partial charge in [0.25, 0.3) is 0 Å². The molecule has 138 valence electrons. The maximum absolute atomic E-state index is 5.96. The first kappa shape index (κ1) is 18.9. The van der Waals surface area contributed by atoms with Crippen LogP contribution in [0.2, 0.25) is 5.02 Å². The number of piperidine rings is 1. The molecule has 1 aliphatic heterocycles. The molecule has 0 radical (unpaired) electrons. The molecule has 1 aliphatic carbocycles. The van der Waals surface area contributed by atoms with Crippen LogP contribution in [0.25, 0.3) is 0 Å². The normalized spacial score (nSPS) is 25.5. The lowest BCUT2D eigenvalue weighted by molar-refractivity contribution is 0.198. The first-order valence-corrected chi connectivity index (χ1v) is 10.4. The van der Waals surface area contributed by atoms with Gasteiger partial charge in [0.2, 0.25) is 0 Å². The lowest BCUT2D eigenvalue weighted by Crippen LogP contribution is -2.51. The van der Waals surface area contributed by atoms with Gasteiger partial charge >= 0.3 is 0 Å². The molecule has 1 aromatic carbocycles. The molecule has 1 heterocycles. The van der Waals surface area contributed by atoms with E-state index in [4.69, 9.17) is 23.8 Å². The van der Waals surface area contributed by atoms with E-state index >= 15 is 0 Å². The van der Waals surface area contributed by atoms with E-state index in [0.717, 1.165) is 48.5 Å². The van der Waals surface area contributed by atoms with Gasteiger partial charge < -0.3 is 10.6 Å². The van der Waals surface area contributed by atoms with Crippen LogP contribution in [-0.4, -0.2) is 35.2 Å². The molecule has 2 aliphatic rings. The summed E-state index contributed by atoms with van der Waals surface area (Å²) in [6.45, 7) is 5.58. The zero-order valence-electron chi connectivity index (χ0n) is 15.1. The van der Waals surface area contributed by atoms with Gasteiger partial charge in [0, 0.05) is 36.7 Å². The molecule has 0 aromatic heterocycles. The van der Waals surface area contributed by atoms with E-state index in [9.17, 15) is 0 Å². The highest BCUT2D eigenvalue weighted by atomic mass is 35.5. The number of thiocarbonyl (C=S) groups is 1. The van der Waals surface area contributed by atoms with Crippen LogP contribution in [0.5, 0.6) is 0 Å². The van der Waals surface area contributed by atoms with Crippen LogP contribution in [0.1, 0.15) is 51.0 Å². The average molecular weight is 380 g/mol. The van der Waals surface area contributed by atoms with Crippen LogP contribution in [-0.2, 0) is 6.54 Å². The molecule has 25 heavy (non-hydrogen) atoms. The predicted octanol–water partition coefficient (Wildman–Crippen LogP) is 4.35. The van der Waals surface area contributed by atoms with E-state index < -0.39 is 0 Å². The van der Waals surface area contributed by atoms with Crippen molar-refractivity contribution in [1.82, 2.24) is 15.5 Å². The topological polar surface area (TPSA) is 27.3 Å². The van der Waals surface area contributed by atoms with E-state index in [0.29, 0.717) is 12.1 Å².